The Balaban J connectivity index is 2.17. The molecule has 8 heteroatoms. The van der Waals surface area contributed by atoms with E-state index in [1.165, 1.54) is 25.3 Å². The van der Waals surface area contributed by atoms with Crippen LogP contribution in [0.4, 0.5) is 18.9 Å². The fraction of sp³-hybridized carbons (Fsp3) is 0.333. The van der Waals surface area contributed by atoms with Gasteiger partial charge in [0.15, 0.2) is 0 Å². The van der Waals surface area contributed by atoms with Crippen molar-refractivity contribution in [3.63, 3.8) is 0 Å². The number of halogens is 3. The van der Waals surface area contributed by atoms with Crippen molar-refractivity contribution in [1.29, 1.82) is 0 Å². The van der Waals surface area contributed by atoms with E-state index in [2.05, 4.69) is 4.74 Å². The number of ether oxygens (including phenoxy) is 2. The van der Waals surface area contributed by atoms with E-state index in [-0.39, 0.29) is 17.8 Å². The second-order valence-corrected chi connectivity index (χ2v) is 3.96. The number of rotatable bonds is 4. The Morgan fingerprint density at radius 2 is 1.95 bits per heavy atom. The van der Waals surface area contributed by atoms with Gasteiger partial charge in [0.1, 0.15) is 5.75 Å². The number of nitrogens with zero attached hydrogens (tertiary/aromatic N) is 1. The number of benzene rings is 1. The minimum atomic E-state index is -4.77. The molecule has 0 saturated heterocycles. The van der Waals surface area contributed by atoms with Gasteiger partial charge in [-0.2, -0.15) is 0 Å². The van der Waals surface area contributed by atoms with Gasteiger partial charge in [-0.25, -0.2) is 0 Å². The Bertz CT molecular complexity index is 556. The maximum Gasteiger partial charge on any atom is 0.522 e. The summed E-state index contributed by atoms with van der Waals surface area (Å²) in [6.45, 7) is -1.10. The molecule has 1 amide bonds. The molecule has 0 aromatic heterocycles. The second-order valence-electron chi connectivity index (χ2n) is 3.96. The third-order valence-electron chi connectivity index (χ3n) is 2.76. The molecule has 0 atom stereocenters. The van der Waals surface area contributed by atoms with Gasteiger partial charge in [-0.1, -0.05) is 0 Å². The molecule has 0 unspecified atom stereocenters. The highest BCUT2D eigenvalue weighted by atomic mass is 19.4. The lowest BCUT2D eigenvalue weighted by atomic mass is 10.1. The highest BCUT2D eigenvalue weighted by Crippen LogP contribution is 2.32. The molecule has 1 aromatic carbocycles. The van der Waals surface area contributed by atoms with Crippen LogP contribution in [0.5, 0.6) is 5.75 Å². The first-order chi connectivity index (χ1) is 9.33. The van der Waals surface area contributed by atoms with E-state index in [9.17, 15) is 22.8 Å². The van der Waals surface area contributed by atoms with Gasteiger partial charge in [0.2, 0.25) is 0 Å². The van der Waals surface area contributed by atoms with Crippen molar-refractivity contribution in [3.05, 3.63) is 23.8 Å². The van der Waals surface area contributed by atoms with Crippen LogP contribution in [0.3, 0.4) is 0 Å². The number of hydrogen-bond donors (Lipinski definition) is 0. The van der Waals surface area contributed by atoms with Crippen LogP contribution in [-0.2, 0) is 9.53 Å². The number of alkyl halides is 3. The third kappa shape index (κ3) is 2.74. The Morgan fingerprint density at radius 1 is 1.25 bits per heavy atom. The lowest BCUT2D eigenvalue weighted by molar-refractivity contribution is -0.323. The Hall–Kier alpha value is -2.09. The minimum absolute atomic E-state index is 0.112. The molecule has 1 aliphatic rings. The zero-order valence-corrected chi connectivity index (χ0v) is 10.4. The van der Waals surface area contributed by atoms with Gasteiger partial charge >= 0.3 is 6.36 Å². The molecule has 0 fully saturated rings. The topological polar surface area (TPSA) is 55.8 Å². The van der Waals surface area contributed by atoms with E-state index in [1.807, 2.05) is 0 Å². The van der Waals surface area contributed by atoms with Crippen LogP contribution >= 0.6 is 0 Å². The van der Waals surface area contributed by atoms with Gasteiger partial charge in [0.25, 0.3) is 11.7 Å². The molecule has 2 rings (SSSR count). The van der Waals surface area contributed by atoms with E-state index in [0.717, 1.165) is 4.90 Å². The molecule has 0 spiro atoms. The van der Waals surface area contributed by atoms with Crippen molar-refractivity contribution in [2.75, 3.05) is 25.2 Å². The van der Waals surface area contributed by atoms with Gasteiger partial charge in [-0.15, -0.1) is 13.2 Å². The summed E-state index contributed by atoms with van der Waals surface area (Å²) >= 11 is 0. The van der Waals surface area contributed by atoms with Crippen LogP contribution in [0, 0.1) is 0 Å². The number of carbonyl (C=O) groups is 2. The van der Waals surface area contributed by atoms with Crippen LogP contribution in [-0.4, -0.2) is 38.3 Å². The number of methoxy groups -OCH3 is 1. The Morgan fingerprint density at radius 3 is 2.55 bits per heavy atom. The first-order valence-electron chi connectivity index (χ1n) is 5.58. The SMILES string of the molecule is COc1ccc2c(c1)C(=O)C(=O)N2CCOC(F)(F)F. The number of Topliss-reactive ketones (excluding diaryl/α,β-unsaturated/α-hetero) is 1. The molecular weight excluding hydrogens is 279 g/mol. The fourth-order valence-corrected chi connectivity index (χ4v) is 1.88. The smallest absolute Gasteiger partial charge is 0.497 e. The largest absolute Gasteiger partial charge is 0.522 e. The van der Waals surface area contributed by atoms with Gasteiger partial charge in [0.05, 0.1) is 31.5 Å². The zero-order valence-electron chi connectivity index (χ0n) is 10.4. The van der Waals surface area contributed by atoms with Crippen molar-refractivity contribution in [2.24, 2.45) is 0 Å². The number of anilines is 1. The maximum absolute atomic E-state index is 11.9. The number of hydrogen-bond acceptors (Lipinski definition) is 4. The zero-order chi connectivity index (χ0) is 14.9. The molecule has 1 aliphatic heterocycles. The Kier molecular flexibility index (Phi) is 3.67. The monoisotopic (exact) mass is 289 g/mol. The summed E-state index contributed by atoms with van der Waals surface area (Å²) < 4.78 is 44.2. The quantitative estimate of drug-likeness (QED) is 0.793. The molecule has 5 nitrogen and oxygen atoms in total. The molecule has 0 bridgehead atoms. The van der Waals surface area contributed by atoms with Crippen molar-refractivity contribution in [2.45, 2.75) is 6.36 Å². The van der Waals surface area contributed by atoms with Crippen LogP contribution in [0.25, 0.3) is 0 Å². The molecule has 20 heavy (non-hydrogen) atoms. The van der Waals surface area contributed by atoms with E-state index < -0.39 is 24.7 Å². The van der Waals surface area contributed by atoms with E-state index in [4.69, 9.17) is 4.74 Å². The second kappa shape index (κ2) is 5.12. The molecular formula is C12H10F3NO4. The molecule has 0 radical (unpaired) electrons. The summed E-state index contributed by atoms with van der Waals surface area (Å²) in [4.78, 5) is 24.4. The van der Waals surface area contributed by atoms with Crippen molar-refractivity contribution in [1.82, 2.24) is 0 Å². The molecule has 1 aromatic rings. The minimum Gasteiger partial charge on any atom is -0.497 e. The van der Waals surface area contributed by atoms with Gasteiger partial charge in [-0.05, 0) is 18.2 Å². The number of amides is 1. The van der Waals surface area contributed by atoms with E-state index in [1.54, 1.807) is 0 Å². The molecule has 0 aliphatic carbocycles. The van der Waals surface area contributed by atoms with Crippen LogP contribution in [0.1, 0.15) is 10.4 Å². The van der Waals surface area contributed by atoms with Crippen molar-refractivity contribution >= 4 is 17.4 Å². The van der Waals surface area contributed by atoms with Crippen LogP contribution in [0.2, 0.25) is 0 Å². The third-order valence-corrected chi connectivity index (χ3v) is 2.76. The fourth-order valence-electron chi connectivity index (χ4n) is 1.88. The average Bonchev–Trinajstić information content (AvgIpc) is 2.62. The van der Waals surface area contributed by atoms with Gasteiger partial charge in [0, 0.05) is 0 Å². The lowest BCUT2D eigenvalue weighted by Gasteiger charge is -2.17. The number of fused-ring (bicyclic) bond motifs is 1. The first kappa shape index (κ1) is 14.3. The average molecular weight is 289 g/mol. The molecule has 0 saturated carbocycles. The lowest BCUT2D eigenvalue weighted by Crippen LogP contribution is -2.34. The van der Waals surface area contributed by atoms with Gasteiger partial charge in [-0.3, -0.25) is 14.3 Å². The predicted molar refractivity (Wildman–Crippen MR) is 61.7 cm³/mol. The molecule has 108 valence electrons. The normalized spacial score (nSPS) is 14.7. The van der Waals surface area contributed by atoms with Crippen LogP contribution in [0.15, 0.2) is 18.2 Å². The van der Waals surface area contributed by atoms with Crippen molar-refractivity contribution < 1.29 is 32.2 Å². The summed E-state index contributed by atoms with van der Waals surface area (Å²) in [5, 5.41) is 0. The summed E-state index contributed by atoms with van der Waals surface area (Å²) in [5.41, 5.74) is 0.368. The highest BCUT2D eigenvalue weighted by Gasteiger charge is 2.37. The summed E-state index contributed by atoms with van der Waals surface area (Å²) in [7, 11) is 1.40. The molecule has 1 heterocycles. The summed E-state index contributed by atoms with van der Waals surface area (Å²) in [5.74, 6) is -1.26. The predicted octanol–water partition coefficient (Wildman–Crippen LogP) is 1.76. The Labute approximate surface area is 111 Å². The highest BCUT2D eigenvalue weighted by molar-refractivity contribution is 6.52. The number of ketones is 1. The van der Waals surface area contributed by atoms with E-state index in [0.29, 0.717) is 5.75 Å². The number of carbonyl (C=O) groups excluding carboxylic acids is 2. The van der Waals surface area contributed by atoms with Crippen LogP contribution < -0.4 is 9.64 Å². The standard InChI is InChI=1S/C12H10F3NO4/c1-19-7-2-3-9-8(6-7)10(17)11(18)16(9)4-5-20-12(13,14)15/h2-3,6H,4-5H2,1H3. The first-order valence-corrected chi connectivity index (χ1v) is 5.58. The molecule has 0 N–H and O–H groups in total. The van der Waals surface area contributed by atoms with E-state index >= 15 is 0 Å². The van der Waals surface area contributed by atoms with Crippen molar-refractivity contribution in [3.8, 4) is 5.75 Å². The summed E-state index contributed by atoms with van der Waals surface area (Å²) in [6.07, 6.45) is -4.77. The maximum atomic E-state index is 11.9. The van der Waals surface area contributed by atoms with Gasteiger partial charge < -0.3 is 9.64 Å². The summed E-state index contributed by atoms with van der Waals surface area (Å²) in [6, 6.07) is 4.34.